The summed E-state index contributed by atoms with van der Waals surface area (Å²) in [5.41, 5.74) is 1.46. The molecule has 0 fully saturated rings. The van der Waals surface area contributed by atoms with E-state index in [1.165, 1.54) is 12.1 Å². The van der Waals surface area contributed by atoms with E-state index in [9.17, 15) is 8.78 Å². The van der Waals surface area contributed by atoms with Crippen LogP contribution in [-0.4, -0.2) is 9.55 Å². The van der Waals surface area contributed by atoms with Crippen LogP contribution in [-0.2, 0) is 13.6 Å². The van der Waals surface area contributed by atoms with Gasteiger partial charge in [0.2, 0.25) is 0 Å². The van der Waals surface area contributed by atoms with E-state index in [1.54, 1.807) is 12.5 Å². The van der Waals surface area contributed by atoms with Gasteiger partial charge < -0.3 is 9.88 Å². The maximum absolute atomic E-state index is 13.5. The van der Waals surface area contributed by atoms with Gasteiger partial charge in [0, 0.05) is 37.5 Å². The molecule has 1 atom stereocenters. The minimum Gasteiger partial charge on any atom is -0.337 e. The lowest BCUT2D eigenvalue weighted by molar-refractivity contribution is 0.511. The maximum Gasteiger partial charge on any atom is 0.130 e. The van der Waals surface area contributed by atoms with Crippen molar-refractivity contribution in [1.82, 2.24) is 14.9 Å². The summed E-state index contributed by atoms with van der Waals surface area (Å²) >= 11 is 0. The summed E-state index contributed by atoms with van der Waals surface area (Å²) in [4.78, 5) is 4.00. The van der Waals surface area contributed by atoms with Gasteiger partial charge in [-0.1, -0.05) is 6.07 Å². The highest BCUT2D eigenvalue weighted by molar-refractivity contribution is 5.21. The Balaban J connectivity index is 2.03. The second-order valence-corrected chi connectivity index (χ2v) is 4.26. The summed E-state index contributed by atoms with van der Waals surface area (Å²) in [6, 6.07) is 3.43. The van der Waals surface area contributed by atoms with Crippen molar-refractivity contribution in [2.75, 3.05) is 0 Å². The summed E-state index contributed by atoms with van der Waals surface area (Å²) in [5, 5.41) is 3.18. The average molecular weight is 251 g/mol. The molecule has 0 aliphatic heterocycles. The van der Waals surface area contributed by atoms with Crippen molar-refractivity contribution in [1.29, 1.82) is 0 Å². The molecule has 1 heterocycles. The maximum atomic E-state index is 13.5. The van der Waals surface area contributed by atoms with Crippen LogP contribution in [0.25, 0.3) is 0 Å². The number of halogens is 2. The monoisotopic (exact) mass is 251 g/mol. The van der Waals surface area contributed by atoms with Crippen molar-refractivity contribution in [2.45, 2.75) is 19.5 Å². The zero-order valence-electron chi connectivity index (χ0n) is 10.3. The van der Waals surface area contributed by atoms with E-state index in [-0.39, 0.29) is 6.04 Å². The van der Waals surface area contributed by atoms with E-state index in [0.29, 0.717) is 12.1 Å². The van der Waals surface area contributed by atoms with Gasteiger partial charge >= 0.3 is 0 Å². The first-order valence-electron chi connectivity index (χ1n) is 5.71. The van der Waals surface area contributed by atoms with Crippen LogP contribution in [0.1, 0.15) is 24.2 Å². The fraction of sp³-hybridized carbons (Fsp3) is 0.308. The summed E-state index contributed by atoms with van der Waals surface area (Å²) in [7, 11) is 1.90. The molecule has 1 aromatic carbocycles. The average Bonchev–Trinajstić information content (AvgIpc) is 2.72. The number of benzene rings is 1. The van der Waals surface area contributed by atoms with Gasteiger partial charge in [-0.3, -0.25) is 0 Å². The largest absolute Gasteiger partial charge is 0.337 e. The third-order valence-corrected chi connectivity index (χ3v) is 2.93. The van der Waals surface area contributed by atoms with Gasteiger partial charge in [-0.15, -0.1) is 0 Å². The first kappa shape index (κ1) is 12.7. The Morgan fingerprint density at radius 3 is 2.78 bits per heavy atom. The quantitative estimate of drug-likeness (QED) is 0.905. The molecule has 1 N–H and O–H groups in total. The molecule has 96 valence electrons. The molecule has 2 aromatic rings. The van der Waals surface area contributed by atoms with Gasteiger partial charge in [0.25, 0.3) is 0 Å². The molecule has 0 radical (unpaired) electrons. The fourth-order valence-electron chi connectivity index (χ4n) is 1.78. The first-order chi connectivity index (χ1) is 8.58. The van der Waals surface area contributed by atoms with Crippen LogP contribution in [0.3, 0.4) is 0 Å². The van der Waals surface area contributed by atoms with Crippen LogP contribution in [0.2, 0.25) is 0 Å². The molecule has 0 bridgehead atoms. The topological polar surface area (TPSA) is 29.9 Å². The van der Waals surface area contributed by atoms with Crippen LogP contribution >= 0.6 is 0 Å². The number of aromatic nitrogens is 2. The van der Waals surface area contributed by atoms with E-state index >= 15 is 0 Å². The number of nitrogens with zero attached hydrogens (tertiary/aromatic N) is 2. The van der Waals surface area contributed by atoms with Crippen molar-refractivity contribution >= 4 is 0 Å². The Morgan fingerprint density at radius 1 is 1.39 bits per heavy atom. The molecule has 0 aliphatic carbocycles. The molecular formula is C13H15F2N3. The normalized spacial score (nSPS) is 12.7. The third kappa shape index (κ3) is 2.73. The molecular weight excluding hydrogens is 236 g/mol. The lowest BCUT2D eigenvalue weighted by atomic mass is 10.1. The minimum absolute atomic E-state index is 0.194. The number of hydrogen-bond acceptors (Lipinski definition) is 2. The Morgan fingerprint density at radius 2 is 2.17 bits per heavy atom. The fourth-order valence-corrected chi connectivity index (χ4v) is 1.78. The number of hydrogen-bond donors (Lipinski definition) is 1. The molecule has 0 saturated heterocycles. The van der Waals surface area contributed by atoms with Gasteiger partial charge in [-0.25, -0.2) is 13.8 Å². The van der Waals surface area contributed by atoms with E-state index in [4.69, 9.17) is 0 Å². The number of rotatable bonds is 4. The van der Waals surface area contributed by atoms with Gasteiger partial charge in [0.15, 0.2) is 0 Å². The highest BCUT2D eigenvalue weighted by Crippen LogP contribution is 2.18. The van der Waals surface area contributed by atoms with E-state index in [0.717, 1.165) is 11.8 Å². The van der Waals surface area contributed by atoms with Crippen LogP contribution in [0, 0.1) is 11.6 Å². The van der Waals surface area contributed by atoms with Crippen LogP contribution < -0.4 is 5.32 Å². The van der Waals surface area contributed by atoms with Crippen molar-refractivity contribution in [2.24, 2.45) is 7.05 Å². The molecule has 2 rings (SSSR count). The SMILES string of the molecule is CC(NCc1cncn1C)c1ccc(F)cc1F. The predicted molar refractivity (Wildman–Crippen MR) is 64.8 cm³/mol. The van der Waals surface area contributed by atoms with Gasteiger partial charge in [-0.05, 0) is 13.0 Å². The summed E-state index contributed by atoms with van der Waals surface area (Å²) in [5.74, 6) is -1.09. The predicted octanol–water partition coefficient (Wildman–Crippen LogP) is 2.55. The van der Waals surface area contributed by atoms with Crippen LogP contribution in [0.15, 0.2) is 30.7 Å². The lowest BCUT2D eigenvalue weighted by Gasteiger charge is -2.15. The van der Waals surface area contributed by atoms with Crippen molar-refractivity contribution in [3.05, 3.63) is 53.6 Å². The Bertz CT molecular complexity index is 537. The standard InChI is InChI=1S/C13H15F2N3/c1-9(12-4-3-10(14)5-13(12)15)17-7-11-6-16-8-18(11)2/h3-6,8-9,17H,7H2,1-2H3. The second kappa shape index (κ2) is 5.27. The smallest absolute Gasteiger partial charge is 0.130 e. The van der Waals surface area contributed by atoms with Crippen LogP contribution in [0.4, 0.5) is 8.78 Å². The molecule has 0 amide bonds. The zero-order valence-corrected chi connectivity index (χ0v) is 10.3. The van der Waals surface area contributed by atoms with Crippen molar-refractivity contribution in [3.63, 3.8) is 0 Å². The van der Waals surface area contributed by atoms with Gasteiger partial charge in [0.05, 0.1) is 12.0 Å². The summed E-state index contributed by atoms with van der Waals surface area (Å²) < 4.78 is 28.2. The van der Waals surface area contributed by atoms with E-state index < -0.39 is 11.6 Å². The molecule has 0 aliphatic rings. The first-order valence-corrected chi connectivity index (χ1v) is 5.71. The molecule has 3 nitrogen and oxygen atoms in total. The van der Waals surface area contributed by atoms with Crippen molar-refractivity contribution in [3.8, 4) is 0 Å². The minimum atomic E-state index is -0.560. The Labute approximate surface area is 104 Å². The molecule has 18 heavy (non-hydrogen) atoms. The molecule has 0 saturated carbocycles. The highest BCUT2D eigenvalue weighted by Gasteiger charge is 2.11. The molecule has 1 aromatic heterocycles. The number of nitrogens with one attached hydrogen (secondary N) is 1. The number of aryl methyl sites for hydroxylation is 1. The summed E-state index contributed by atoms with van der Waals surface area (Å²) in [6.07, 6.45) is 3.46. The Hall–Kier alpha value is -1.75. The zero-order chi connectivity index (χ0) is 13.1. The third-order valence-electron chi connectivity index (χ3n) is 2.93. The molecule has 5 heteroatoms. The summed E-state index contributed by atoms with van der Waals surface area (Å²) in [6.45, 7) is 2.42. The molecule has 0 spiro atoms. The number of imidazole rings is 1. The van der Waals surface area contributed by atoms with Crippen LogP contribution in [0.5, 0.6) is 0 Å². The second-order valence-electron chi connectivity index (χ2n) is 4.26. The van der Waals surface area contributed by atoms with Gasteiger partial charge in [-0.2, -0.15) is 0 Å². The molecule has 1 unspecified atom stereocenters. The van der Waals surface area contributed by atoms with E-state index in [2.05, 4.69) is 10.3 Å². The van der Waals surface area contributed by atoms with Gasteiger partial charge in [0.1, 0.15) is 11.6 Å². The van der Waals surface area contributed by atoms with E-state index in [1.807, 2.05) is 18.5 Å². The Kier molecular flexibility index (Phi) is 3.72. The van der Waals surface area contributed by atoms with Crippen molar-refractivity contribution < 1.29 is 8.78 Å². The highest BCUT2D eigenvalue weighted by atomic mass is 19.1. The lowest BCUT2D eigenvalue weighted by Crippen LogP contribution is -2.20.